The summed E-state index contributed by atoms with van der Waals surface area (Å²) in [5.41, 5.74) is 20.3. The van der Waals surface area contributed by atoms with Crippen LogP contribution in [0.1, 0.15) is 11.1 Å². The summed E-state index contributed by atoms with van der Waals surface area (Å²) >= 11 is 0. The molecule has 103 heavy (non-hydrogen) atoms. The van der Waals surface area contributed by atoms with Crippen LogP contribution in [-0.2, 0) is 6.18 Å². The molecule has 15 aromatic carbocycles. The molecular formula is C93H56F3N7. The predicted octanol–water partition coefficient (Wildman–Crippen LogP) is 25.5. The molecule has 0 aliphatic heterocycles. The van der Waals surface area contributed by atoms with Crippen LogP contribution in [0.3, 0.4) is 0 Å². The van der Waals surface area contributed by atoms with Crippen LogP contribution < -0.4 is 0 Å². The second-order valence-electron chi connectivity index (χ2n) is 27.1. The van der Waals surface area contributed by atoms with Gasteiger partial charge < -0.3 is 27.4 Å². The van der Waals surface area contributed by atoms with Gasteiger partial charge >= 0.3 is 6.18 Å². The number of alkyl halides is 3. The Kier molecular flexibility index (Phi) is 12.4. The first-order chi connectivity index (χ1) is 50.6. The number of nitrogens with zero attached hydrogens (tertiary/aromatic N) is 7. The SMILES string of the molecule is [C-]#[N+]c1ccc(-n2c3ccc(-n4c5ccccc5c5ccccc54)cc3c3cc(-n4c5ccccc5c5ccccc54)ccc32)c(-c2cc(-n3c4ccc(-n5c6ccccc6c6ccccc65)cc4c4cc(-n5c6ccccc6c6ccccc65)ccc43)ccc2-c2cc(C)cc(C(F)(F)F)c2)c1. The molecule has 484 valence electrons. The fourth-order valence-corrected chi connectivity index (χ4v) is 17.1. The van der Waals surface area contributed by atoms with Crippen molar-refractivity contribution < 1.29 is 13.2 Å². The summed E-state index contributed by atoms with van der Waals surface area (Å²) in [4.78, 5) is 4.11. The Hall–Kier alpha value is -13.6. The van der Waals surface area contributed by atoms with Crippen LogP contribution in [0.15, 0.2) is 322 Å². The Labute approximate surface area is 587 Å². The number of para-hydroxylation sites is 8. The predicted molar refractivity (Wildman–Crippen MR) is 419 cm³/mol. The zero-order valence-electron chi connectivity index (χ0n) is 55.4. The lowest BCUT2D eigenvalue weighted by Crippen LogP contribution is -2.06. The second kappa shape index (κ2) is 21.9. The largest absolute Gasteiger partial charge is 0.416 e. The van der Waals surface area contributed by atoms with E-state index in [1.807, 2.05) is 36.4 Å². The Bertz CT molecular complexity index is 6720. The lowest BCUT2D eigenvalue weighted by Gasteiger charge is -2.20. The van der Waals surface area contributed by atoms with Crippen molar-refractivity contribution in [2.45, 2.75) is 13.1 Å². The quantitative estimate of drug-likeness (QED) is 0.136. The van der Waals surface area contributed by atoms with Crippen LogP contribution in [-0.4, -0.2) is 27.4 Å². The third-order valence-corrected chi connectivity index (χ3v) is 21.4. The first kappa shape index (κ1) is 58.4. The number of aryl methyl sites for hydroxylation is 1. The lowest BCUT2D eigenvalue weighted by atomic mass is 9.90. The van der Waals surface area contributed by atoms with Gasteiger partial charge in [0.1, 0.15) is 0 Å². The number of hydrogen-bond donors (Lipinski definition) is 0. The number of hydrogen-bond acceptors (Lipinski definition) is 0. The van der Waals surface area contributed by atoms with Crippen molar-refractivity contribution in [2.24, 2.45) is 0 Å². The summed E-state index contributed by atoms with van der Waals surface area (Å²) in [6, 6.07) is 112. The van der Waals surface area contributed by atoms with Gasteiger partial charge in [-0.15, -0.1) is 0 Å². The van der Waals surface area contributed by atoms with Crippen LogP contribution in [0, 0.1) is 13.5 Å². The van der Waals surface area contributed by atoms with Gasteiger partial charge in [-0.05, 0) is 192 Å². The smallest absolute Gasteiger partial charge is 0.309 e. The van der Waals surface area contributed by atoms with Crippen molar-refractivity contribution in [3.05, 3.63) is 344 Å². The molecule has 0 saturated heterocycles. The van der Waals surface area contributed by atoms with Crippen molar-refractivity contribution in [1.29, 1.82) is 0 Å². The van der Waals surface area contributed by atoms with Gasteiger partial charge in [0.05, 0.1) is 84.0 Å². The van der Waals surface area contributed by atoms with Crippen molar-refractivity contribution in [2.75, 3.05) is 0 Å². The summed E-state index contributed by atoms with van der Waals surface area (Å²) < 4.78 is 60.0. The third-order valence-electron chi connectivity index (χ3n) is 21.4. The molecule has 0 bridgehead atoms. The van der Waals surface area contributed by atoms with Gasteiger partial charge in [-0.25, -0.2) is 4.85 Å². The van der Waals surface area contributed by atoms with Crippen molar-refractivity contribution in [1.82, 2.24) is 27.4 Å². The van der Waals surface area contributed by atoms with Crippen LogP contribution in [0.4, 0.5) is 18.9 Å². The van der Waals surface area contributed by atoms with Gasteiger partial charge in [0.25, 0.3) is 0 Å². The normalized spacial score (nSPS) is 12.3. The van der Waals surface area contributed by atoms with E-state index in [0.717, 1.165) is 165 Å². The maximum Gasteiger partial charge on any atom is 0.416 e. The first-order valence-corrected chi connectivity index (χ1v) is 34.6. The molecule has 21 aromatic rings. The van der Waals surface area contributed by atoms with E-state index in [2.05, 4.69) is 305 Å². The standard InChI is InChI=1S/C93H56F3N7/c1-56-47-57(49-58(48-56)93(94,95)96)65-41-36-60(102-88-43-37-61(98-80-27-11-3-19-66(80)67-20-4-12-28-81(67)98)52-76(88)77-53-62(38-44-89(77)102)99-82-29-13-5-21-68(82)69-22-6-14-30-83(69)99)51-74(65)75-50-59(97-2)35-42-90(75)103-91-45-39-63(100-84-31-15-7-23-70(84)71-24-8-16-32-85(71)100)54-78(91)79-55-64(40-46-92(79)103)101-86-33-17-9-25-72(86)73-26-10-18-34-87(73)101/h3-55H,1H3. The molecule has 10 heteroatoms. The van der Waals surface area contributed by atoms with Gasteiger partial charge in [0.2, 0.25) is 0 Å². The van der Waals surface area contributed by atoms with E-state index in [-0.39, 0.29) is 0 Å². The Morgan fingerprint density at radius 1 is 0.252 bits per heavy atom. The molecule has 6 aromatic heterocycles. The third kappa shape index (κ3) is 8.63. The molecule has 7 nitrogen and oxygen atoms in total. The fourth-order valence-electron chi connectivity index (χ4n) is 17.1. The fraction of sp³-hybridized carbons (Fsp3) is 0.0215. The molecule has 0 saturated carbocycles. The zero-order valence-corrected chi connectivity index (χ0v) is 55.4. The first-order valence-electron chi connectivity index (χ1n) is 34.6. The highest BCUT2D eigenvalue weighted by Crippen LogP contribution is 2.48. The maximum absolute atomic E-state index is 15.3. The van der Waals surface area contributed by atoms with Gasteiger partial charge in [0.15, 0.2) is 5.69 Å². The van der Waals surface area contributed by atoms with E-state index >= 15 is 13.2 Å². The van der Waals surface area contributed by atoms with Gasteiger partial charge in [-0.3, -0.25) is 0 Å². The van der Waals surface area contributed by atoms with Crippen molar-refractivity contribution in [3.8, 4) is 56.4 Å². The summed E-state index contributed by atoms with van der Waals surface area (Å²) in [7, 11) is 0. The van der Waals surface area contributed by atoms with Gasteiger partial charge in [-0.1, -0.05) is 164 Å². The second-order valence-corrected chi connectivity index (χ2v) is 27.1. The Morgan fingerprint density at radius 3 is 0.864 bits per heavy atom. The van der Waals surface area contributed by atoms with E-state index in [1.54, 1.807) is 6.92 Å². The van der Waals surface area contributed by atoms with Gasteiger partial charge in [0, 0.05) is 93.1 Å². The summed E-state index contributed by atoms with van der Waals surface area (Å²) in [5, 5.41) is 13.3. The Morgan fingerprint density at radius 2 is 0.544 bits per heavy atom. The average Bonchev–Trinajstić information content (AvgIpc) is 1.58. The topological polar surface area (TPSA) is 33.9 Å². The molecule has 0 aliphatic carbocycles. The van der Waals surface area contributed by atoms with Crippen LogP contribution in [0.2, 0.25) is 0 Å². The molecule has 0 fully saturated rings. The molecule has 21 rings (SSSR count). The van der Waals surface area contributed by atoms with Crippen molar-refractivity contribution in [3.63, 3.8) is 0 Å². The molecular weight excluding hydrogens is 1270 g/mol. The highest BCUT2D eigenvalue weighted by molar-refractivity contribution is 6.17. The maximum atomic E-state index is 15.3. The molecule has 0 aliphatic rings. The summed E-state index contributed by atoms with van der Waals surface area (Å²) in [5.74, 6) is 0. The van der Waals surface area contributed by atoms with E-state index in [9.17, 15) is 0 Å². The highest BCUT2D eigenvalue weighted by atomic mass is 19.4. The minimum atomic E-state index is -4.63. The average molecular weight is 1330 g/mol. The summed E-state index contributed by atoms with van der Waals surface area (Å²) in [6.07, 6.45) is -4.63. The van der Waals surface area contributed by atoms with E-state index < -0.39 is 11.7 Å². The molecule has 0 N–H and O–H groups in total. The minimum Gasteiger partial charge on any atom is -0.309 e. The molecule has 0 atom stereocenters. The van der Waals surface area contributed by atoms with Crippen LogP contribution in [0.25, 0.3) is 192 Å². The molecule has 0 spiro atoms. The van der Waals surface area contributed by atoms with Gasteiger partial charge in [-0.2, -0.15) is 13.2 Å². The lowest BCUT2D eigenvalue weighted by molar-refractivity contribution is -0.137. The highest BCUT2D eigenvalue weighted by Gasteiger charge is 2.32. The van der Waals surface area contributed by atoms with E-state index in [0.29, 0.717) is 33.5 Å². The zero-order chi connectivity index (χ0) is 68.5. The number of aromatic nitrogens is 6. The minimum absolute atomic E-state index is 0.380. The monoisotopic (exact) mass is 1330 g/mol. The molecule has 0 unspecified atom stereocenters. The molecule has 0 radical (unpaired) electrons. The number of halogens is 3. The molecule has 6 heterocycles. The number of fused-ring (bicyclic) bond motifs is 18. The van der Waals surface area contributed by atoms with E-state index in [4.69, 9.17) is 6.57 Å². The number of rotatable bonds is 8. The van der Waals surface area contributed by atoms with Crippen molar-refractivity contribution >= 4 is 137 Å². The van der Waals surface area contributed by atoms with E-state index in [1.165, 1.54) is 12.1 Å². The van der Waals surface area contributed by atoms with Crippen LogP contribution in [0.5, 0.6) is 0 Å². The summed E-state index contributed by atoms with van der Waals surface area (Å²) in [6.45, 7) is 10.4. The van der Waals surface area contributed by atoms with Crippen LogP contribution >= 0.6 is 0 Å². The Balaban J connectivity index is 0.844. The number of benzene rings is 15. The molecule has 0 amide bonds.